The van der Waals surface area contributed by atoms with Gasteiger partial charge in [-0.3, -0.25) is 19.4 Å². The van der Waals surface area contributed by atoms with E-state index in [1.54, 1.807) is 6.92 Å². The number of rotatable bonds is 5. The first-order chi connectivity index (χ1) is 8.38. The average Bonchev–Trinajstić information content (AvgIpc) is 2.25. The second-order valence-electron chi connectivity index (χ2n) is 3.81. The zero-order valence-corrected chi connectivity index (χ0v) is 9.65. The van der Waals surface area contributed by atoms with Gasteiger partial charge in [-0.05, 0) is 13.3 Å². The van der Waals surface area contributed by atoms with Gasteiger partial charge in [0.1, 0.15) is 5.69 Å². The van der Waals surface area contributed by atoms with Crippen molar-refractivity contribution in [2.24, 2.45) is 0 Å². The number of carboxylic acid groups (broad SMARTS) is 1. The molecule has 0 aromatic carbocycles. The highest BCUT2D eigenvalue weighted by atomic mass is 16.4. The Labute approximate surface area is 101 Å². The van der Waals surface area contributed by atoms with Crippen LogP contribution in [0.3, 0.4) is 0 Å². The lowest BCUT2D eigenvalue weighted by Crippen LogP contribution is -2.36. The zero-order chi connectivity index (χ0) is 13.7. The van der Waals surface area contributed by atoms with Crippen molar-refractivity contribution in [3.05, 3.63) is 32.6 Å². The lowest BCUT2D eigenvalue weighted by atomic mass is 10.2. The third-order valence-electron chi connectivity index (χ3n) is 2.17. The first kappa shape index (κ1) is 13.7. The molecule has 1 atom stereocenters. The normalized spacial score (nSPS) is 11.8. The van der Waals surface area contributed by atoms with Crippen LogP contribution in [0.5, 0.6) is 0 Å². The number of carbonyl (C=O) groups is 2. The Morgan fingerprint density at radius 2 is 2.06 bits per heavy atom. The summed E-state index contributed by atoms with van der Waals surface area (Å²) in [7, 11) is 0. The SMILES string of the molecule is CC(CCC(=O)O)NC(=O)c1cc(=O)[nH]c(=O)[nH]1. The van der Waals surface area contributed by atoms with E-state index in [1.807, 2.05) is 4.98 Å². The second-order valence-corrected chi connectivity index (χ2v) is 3.81. The second kappa shape index (κ2) is 5.80. The van der Waals surface area contributed by atoms with Crippen LogP contribution in [0.4, 0.5) is 0 Å². The molecule has 0 saturated carbocycles. The number of amides is 1. The highest BCUT2D eigenvalue weighted by Crippen LogP contribution is 1.97. The van der Waals surface area contributed by atoms with E-state index in [2.05, 4.69) is 10.3 Å². The maximum Gasteiger partial charge on any atom is 0.326 e. The Kier molecular flexibility index (Phi) is 4.41. The van der Waals surface area contributed by atoms with Crippen molar-refractivity contribution in [2.75, 3.05) is 0 Å². The number of hydrogen-bond donors (Lipinski definition) is 4. The van der Waals surface area contributed by atoms with Crippen LogP contribution in [0.2, 0.25) is 0 Å². The number of aromatic amines is 2. The maximum atomic E-state index is 11.6. The molecule has 0 spiro atoms. The minimum Gasteiger partial charge on any atom is -0.481 e. The average molecular weight is 255 g/mol. The van der Waals surface area contributed by atoms with Crippen molar-refractivity contribution in [3.8, 4) is 0 Å². The number of hydrogen-bond acceptors (Lipinski definition) is 4. The van der Waals surface area contributed by atoms with Gasteiger partial charge in [0.2, 0.25) is 0 Å². The minimum absolute atomic E-state index is 0.0761. The molecule has 1 aromatic heterocycles. The lowest BCUT2D eigenvalue weighted by molar-refractivity contribution is -0.137. The lowest BCUT2D eigenvalue weighted by Gasteiger charge is -2.12. The van der Waals surface area contributed by atoms with Gasteiger partial charge in [-0.25, -0.2) is 4.79 Å². The molecule has 1 heterocycles. The van der Waals surface area contributed by atoms with Crippen LogP contribution in [0.15, 0.2) is 15.7 Å². The molecular weight excluding hydrogens is 242 g/mol. The standard InChI is InChI=1S/C10H13N3O5/c1-5(2-3-8(15)16)11-9(17)6-4-7(14)13-10(18)12-6/h4-5H,2-3H2,1H3,(H,11,17)(H,15,16)(H2,12,13,14,18). The van der Waals surface area contributed by atoms with Crippen LogP contribution >= 0.6 is 0 Å². The summed E-state index contributed by atoms with van der Waals surface area (Å²) in [6.45, 7) is 1.63. The molecule has 4 N–H and O–H groups in total. The van der Waals surface area contributed by atoms with Crippen molar-refractivity contribution >= 4 is 11.9 Å². The highest BCUT2D eigenvalue weighted by Gasteiger charge is 2.12. The molecule has 1 unspecified atom stereocenters. The number of carbonyl (C=O) groups excluding carboxylic acids is 1. The number of carboxylic acids is 1. The number of H-pyrrole nitrogens is 2. The molecule has 0 fully saturated rings. The van der Waals surface area contributed by atoms with Gasteiger partial charge < -0.3 is 15.4 Å². The summed E-state index contributed by atoms with van der Waals surface area (Å²) < 4.78 is 0. The fraction of sp³-hybridized carbons (Fsp3) is 0.400. The third kappa shape index (κ3) is 4.24. The fourth-order valence-electron chi connectivity index (χ4n) is 1.30. The number of aromatic nitrogens is 2. The smallest absolute Gasteiger partial charge is 0.326 e. The number of nitrogens with one attached hydrogen (secondary N) is 3. The minimum atomic E-state index is -0.958. The monoisotopic (exact) mass is 255 g/mol. The summed E-state index contributed by atoms with van der Waals surface area (Å²) in [5.74, 6) is -1.59. The van der Waals surface area contributed by atoms with E-state index in [1.165, 1.54) is 0 Å². The van der Waals surface area contributed by atoms with Gasteiger partial charge in [-0.2, -0.15) is 0 Å². The summed E-state index contributed by atoms with van der Waals surface area (Å²) in [6, 6.07) is 0.581. The van der Waals surface area contributed by atoms with E-state index >= 15 is 0 Å². The van der Waals surface area contributed by atoms with E-state index in [0.717, 1.165) is 6.07 Å². The summed E-state index contributed by atoms with van der Waals surface area (Å²) in [6.07, 6.45) is 0.182. The summed E-state index contributed by atoms with van der Waals surface area (Å²) in [5.41, 5.74) is -1.61. The molecule has 0 saturated heterocycles. The Bertz CT molecular complexity index is 531. The van der Waals surface area contributed by atoms with Crippen LogP contribution in [0.1, 0.15) is 30.3 Å². The topological polar surface area (TPSA) is 132 Å². The summed E-state index contributed by atoms with van der Waals surface area (Å²) in [4.78, 5) is 48.0. The molecule has 1 aromatic rings. The maximum absolute atomic E-state index is 11.6. The van der Waals surface area contributed by atoms with Crippen LogP contribution in [-0.2, 0) is 4.79 Å². The molecule has 1 amide bonds. The summed E-state index contributed by atoms with van der Waals surface area (Å²) in [5, 5.41) is 11.0. The Hall–Kier alpha value is -2.38. The first-order valence-electron chi connectivity index (χ1n) is 5.25. The van der Waals surface area contributed by atoms with Gasteiger partial charge in [-0.15, -0.1) is 0 Å². The molecule has 18 heavy (non-hydrogen) atoms. The number of aliphatic carboxylic acids is 1. The van der Waals surface area contributed by atoms with Crippen LogP contribution in [-0.4, -0.2) is 33.0 Å². The molecule has 0 bridgehead atoms. The zero-order valence-electron chi connectivity index (χ0n) is 9.65. The molecule has 98 valence electrons. The molecule has 0 aliphatic carbocycles. The Morgan fingerprint density at radius 3 is 2.61 bits per heavy atom. The molecule has 1 rings (SSSR count). The van der Waals surface area contributed by atoms with Gasteiger partial charge in [0.25, 0.3) is 11.5 Å². The predicted molar refractivity (Wildman–Crippen MR) is 61.5 cm³/mol. The quantitative estimate of drug-likeness (QED) is 0.538. The molecule has 8 nitrogen and oxygen atoms in total. The molecule has 0 aliphatic heterocycles. The summed E-state index contributed by atoms with van der Waals surface area (Å²) >= 11 is 0. The van der Waals surface area contributed by atoms with Crippen molar-refractivity contribution < 1.29 is 14.7 Å². The third-order valence-corrected chi connectivity index (χ3v) is 2.17. The van der Waals surface area contributed by atoms with Crippen molar-refractivity contribution in [3.63, 3.8) is 0 Å². The van der Waals surface area contributed by atoms with Gasteiger partial charge in [0.05, 0.1) is 0 Å². The molecular formula is C10H13N3O5. The van der Waals surface area contributed by atoms with E-state index < -0.39 is 23.1 Å². The van der Waals surface area contributed by atoms with Crippen molar-refractivity contribution in [1.29, 1.82) is 0 Å². The van der Waals surface area contributed by atoms with E-state index in [0.29, 0.717) is 0 Å². The van der Waals surface area contributed by atoms with Gasteiger partial charge in [0, 0.05) is 18.5 Å². The van der Waals surface area contributed by atoms with E-state index in [-0.39, 0.29) is 24.6 Å². The largest absolute Gasteiger partial charge is 0.481 e. The van der Waals surface area contributed by atoms with Crippen LogP contribution < -0.4 is 16.6 Å². The Balaban J connectivity index is 2.67. The van der Waals surface area contributed by atoms with E-state index in [9.17, 15) is 19.2 Å². The first-order valence-corrected chi connectivity index (χ1v) is 5.25. The fourth-order valence-corrected chi connectivity index (χ4v) is 1.30. The highest BCUT2D eigenvalue weighted by molar-refractivity contribution is 5.92. The van der Waals surface area contributed by atoms with Crippen LogP contribution in [0.25, 0.3) is 0 Å². The van der Waals surface area contributed by atoms with Gasteiger partial charge >= 0.3 is 11.7 Å². The van der Waals surface area contributed by atoms with Crippen molar-refractivity contribution in [2.45, 2.75) is 25.8 Å². The molecule has 0 radical (unpaired) electrons. The Morgan fingerprint density at radius 1 is 1.39 bits per heavy atom. The van der Waals surface area contributed by atoms with Gasteiger partial charge in [-0.1, -0.05) is 0 Å². The predicted octanol–water partition coefficient (Wildman–Crippen LogP) is -0.954. The van der Waals surface area contributed by atoms with E-state index in [4.69, 9.17) is 5.11 Å². The van der Waals surface area contributed by atoms with Crippen LogP contribution in [0, 0.1) is 0 Å². The molecule has 8 heteroatoms. The van der Waals surface area contributed by atoms with Gasteiger partial charge in [0.15, 0.2) is 0 Å². The van der Waals surface area contributed by atoms with Crippen molar-refractivity contribution in [1.82, 2.24) is 15.3 Å². The molecule has 0 aliphatic rings.